The monoisotopic (exact) mass is 304 g/mol. The molecule has 4 heteroatoms. The van der Waals surface area contributed by atoms with Gasteiger partial charge < -0.3 is 10.6 Å². The van der Waals surface area contributed by atoms with E-state index in [2.05, 4.69) is 22.8 Å². The van der Waals surface area contributed by atoms with Crippen molar-refractivity contribution in [2.24, 2.45) is 0 Å². The maximum atomic E-state index is 12.5. The van der Waals surface area contributed by atoms with Crippen molar-refractivity contribution in [1.29, 1.82) is 0 Å². The first-order chi connectivity index (χ1) is 10.3. The molecule has 1 aromatic rings. The number of nitrogens with one attached hydrogen (secondary N) is 2. The Balaban J connectivity index is 1.62. The molecule has 0 bridgehead atoms. The lowest BCUT2D eigenvalue weighted by Crippen LogP contribution is -2.51. The lowest BCUT2D eigenvalue weighted by molar-refractivity contribution is -0.123. The van der Waals surface area contributed by atoms with Crippen LogP contribution in [0.15, 0.2) is 30.3 Å². The SMILES string of the molecule is O=C(NC1CC1)[C@@H](Cc1ccccc1)N[C@H]1CCCSC1. The van der Waals surface area contributed by atoms with Crippen molar-refractivity contribution in [3.05, 3.63) is 35.9 Å². The van der Waals surface area contributed by atoms with Crippen LogP contribution in [0.3, 0.4) is 0 Å². The third kappa shape index (κ3) is 4.75. The second-order valence-corrected chi connectivity index (χ2v) is 7.26. The standard InChI is InChI=1S/C17H24N2OS/c20-17(19-14-8-9-14)16(11-13-5-2-1-3-6-13)18-15-7-4-10-21-12-15/h1-3,5-6,14-16,18H,4,7-12H2,(H,19,20)/t15-,16+/m0/s1. The molecule has 3 rings (SSSR count). The van der Waals surface area contributed by atoms with Gasteiger partial charge in [-0.25, -0.2) is 0 Å². The lowest BCUT2D eigenvalue weighted by Gasteiger charge is -2.28. The summed E-state index contributed by atoms with van der Waals surface area (Å²) in [7, 11) is 0. The zero-order chi connectivity index (χ0) is 14.5. The molecule has 2 aliphatic rings. The van der Waals surface area contributed by atoms with Gasteiger partial charge in [0.2, 0.25) is 5.91 Å². The van der Waals surface area contributed by atoms with Crippen molar-refractivity contribution >= 4 is 17.7 Å². The number of carbonyl (C=O) groups excluding carboxylic acids is 1. The average molecular weight is 304 g/mol. The van der Waals surface area contributed by atoms with Crippen LogP contribution in [0.5, 0.6) is 0 Å². The number of amides is 1. The molecule has 1 aliphatic heterocycles. The van der Waals surface area contributed by atoms with E-state index in [1.54, 1.807) is 0 Å². The van der Waals surface area contributed by atoms with Crippen LogP contribution in [-0.4, -0.2) is 35.5 Å². The van der Waals surface area contributed by atoms with Crippen LogP contribution >= 0.6 is 11.8 Å². The smallest absolute Gasteiger partial charge is 0.237 e. The van der Waals surface area contributed by atoms with Gasteiger partial charge in [0.15, 0.2) is 0 Å². The largest absolute Gasteiger partial charge is 0.352 e. The van der Waals surface area contributed by atoms with Crippen molar-refractivity contribution in [3.8, 4) is 0 Å². The predicted molar refractivity (Wildman–Crippen MR) is 88.6 cm³/mol. The first-order valence-electron chi connectivity index (χ1n) is 7.99. The van der Waals surface area contributed by atoms with Gasteiger partial charge in [-0.2, -0.15) is 11.8 Å². The Hall–Kier alpha value is -1.00. The molecule has 2 N–H and O–H groups in total. The van der Waals surface area contributed by atoms with Crippen LogP contribution in [0.1, 0.15) is 31.2 Å². The predicted octanol–water partition coefficient (Wildman–Crippen LogP) is 2.36. The van der Waals surface area contributed by atoms with E-state index in [0.29, 0.717) is 12.1 Å². The van der Waals surface area contributed by atoms with E-state index in [0.717, 1.165) is 25.0 Å². The van der Waals surface area contributed by atoms with E-state index in [1.165, 1.54) is 24.2 Å². The van der Waals surface area contributed by atoms with Crippen LogP contribution in [0.25, 0.3) is 0 Å². The van der Waals surface area contributed by atoms with Gasteiger partial charge in [0.1, 0.15) is 0 Å². The van der Waals surface area contributed by atoms with Crippen LogP contribution in [-0.2, 0) is 11.2 Å². The van der Waals surface area contributed by atoms with E-state index in [4.69, 9.17) is 0 Å². The van der Waals surface area contributed by atoms with Gasteiger partial charge in [-0.3, -0.25) is 4.79 Å². The van der Waals surface area contributed by atoms with Crippen LogP contribution in [0.2, 0.25) is 0 Å². The van der Waals surface area contributed by atoms with Crippen molar-refractivity contribution in [1.82, 2.24) is 10.6 Å². The van der Waals surface area contributed by atoms with Crippen molar-refractivity contribution in [2.75, 3.05) is 11.5 Å². The number of thioether (sulfide) groups is 1. The fourth-order valence-corrected chi connectivity index (χ4v) is 3.85. The fraction of sp³-hybridized carbons (Fsp3) is 0.588. The zero-order valence-corrected chi connectivity index (χ0v) is 13.2. The normalized spacial score (nSPS) is 23.5. The third-order valence-corrected chi connectivity index (χ3v) is 5.34. The maximum absolute atomic E-state index is 12.5. The second kappa shape index (κ2) is 7.32. The van der Waals surface area contributed by atoms with Crippen molar-refractivity contribution < 1.29 is 4.79 Å². The first kappa shape index (κ1) is 14.9. The molecule has 1 heterocycles. The van der Waals surface area contributed by atoms with E-state index in [-0.39, 0.29) is 11.9 Å². The summed E-state index contributed by atoms with van der Waals surface area (Å²) in [6.07, 6.45) is 5.51. The number of benzene rings is 1. The van der Waals surface area contributed by atoms with E-state index in [9.17, 15) is 4.79 Å². The molecule has 114 valence electrons. The topological polar surface area (TPSA) is 41.1 Å². The minimum absolute atomic E-state index is 0.100. The van der Waals surface area contributed by atoms with Crippen LogP contribution < -0.4 is 10.6 Å². The summed E-state index contributed by atoms with van der Waals surface area (Å²) in [6.45, 7) is 0. The average Bonchev–Trinajstić information content (AvgIpc) is 3.33. The van der Waals surface area contributed by atoms with Crippen molar-refractivity contribution in [3.63, 3.8) is 0 Å². The van der Waals surface area contributed by atoms with Gasteiger partial charge >= 0.3 is 0 Å². The summed E-state index contributed by atoms with van der Waals surface area (Å²) in [6, 6.07) is 11.1. The number of hydrogen-bond acceptors (Lipinski definition) is 3. The van der Waals surface area contributed by atoms with Gasteiger partial charge in [-0.1, -0.05) is 30.3 Å². The fourth-order valence-electron chi connectivity index (χ4n) is 2.76. The highest BCUT2D eigenvalue weighted by Crippen LogP contribution is 2.20. The highest BCUT2D eigenvalue weighted by atomic mass is 32.2. The van der Waals surface area contributed by atoms with Crippen molar-refractivity contribution in [2.45, 2.75) is 50.2 Å². The molecule has 0 aromatic heterocycles. The molecule has 1 saturated carbocycles. The number of rotatable bonds is 6. The summed E-state index contributed by atoms with van der Waals surface area (Å²) >= 11 is 2.00. The Morgan fingerprint density at radius 3 is 2.67 bits per heavy atom. The molecule has 2 fully saturated rings. The molecular formula is C17H24N2OS. The third-order valence-electron chi connectivity index (χ3n) is 4.12. The Morgan fingerprint density at radius 2 is 2.00 bits per heavy atom. The Bertz CT molecular complexity index is 455. The minimum Gasteiger partial charge on any atom is -0.352 e. The molecular weight excluding hydrogens is 280 g/mol. The molecule has 1 amide bonds. The van der Waals surface area contributed by atoms with E-state index < -0.39 is 0 Å². The maximum Gasteiger partial charge on any atom is 0.237 e. The molecule has 0 radical (unpaired) electrons. The van der Waals surface area contributed by atoms with Gasteiger partial charge in [-0.15, -0.1) is 0 Å². The van der Waals surface area contributed by atoms with Gasteiger partial charge in [-0.05, 0) is 43.4 Å². The zero-order valence-electron chi connectivity index (χ0n) is 12.4. The highest BCUT2D eigenvalue weighted by molar-refractivity contribution is 7.99. The molecule has 1 saturated heterocycles. The molecule has 2 atom stereocenters. The lowest BCUT2D eigenvalue weighted by atomic mass is 10.0. The summed E-state index contributed by atoms with van der Waals surface area (Å²) < 4.78 is 0. The molecule has 21 heavy (non-hydrogen) atoms. The Kier molecular flexibility index (Phi) is 5.20. The van der Waals surface area contributed by atoms with Crippen LogP contribution in [0.4, 0.5) is 0 Å². The van der Waals surface area contributed by atoms with Gasteiger partial charge in [0.05, 0.1) is 6.04 Å². The number of carbonyl (C=O) groups is 1. The summed E-state index contributed by atoms with van der Waals surface area (Å²) in [5, 5.41) is 6.76. The molecule has 1 aromatic carbocycles. The Morgan fingerprint density at radius 1 is 1.19 bits per heavy atom. The van der Waals surface area contributed by atoms with Crippen LogP contribution in [0, 0.1) is 0 Å². The van der Waals surface area contributed by atoms with Gasteiger partial charge in [0.25, 0.3) is 0 Å². The Labute approximate surface area is 131 Å². The molecule has 1 aliphatic carbocycles. The molecule has 0 spiro atoms. The minimum atomic E-state index is -0.100. The van der Waals surface area contributed by atoms with E-state index in [1.807, 2.05) is 30.0 Å². The number of hydrogen-bond donors (Lipinski definition) is 2. The molecule has 3 nitrogen and oxygen atoms in total. The van der Waals surface area contributed by atoms with E-state index >= 15 is 0 Å². The summed E-state index contributed by atoms with van der Waals surface area (Å²) in [5.41, 5.74) is 1.23. The first-order valence-corrected chi connectivity index (χ1v) is 9.15. The second-order valence-electron chi connectivity index (χ2n) is 6.11. The van der Waals surface area contributed by atoms with Gasteiger partial charge in [0, 0.05) is 17.8 Å². The summed E-state index contributed by atoms with van der Waals surface area (Å²) in [4.78, 5) is 12.5. The summed E-state index contributed by atoms with van der Waals surface area (Å²) in [5.74, 6) is 2.56. The molecule has 0 unspecified atom stereocenters. The quantitative estimate of drug-likeness (QED) is 0.848. The highest BCUT2D eigenvalue weighted by Gasteiger charge is 2.29.